The molecule has 2 aromatic carbocycles. The zero-order chi connectivity index (χ0) is 14.2. The van der Waals surface area contributed by atoms with Gasteiger partial charge in [-0.2, -0.15) is 0 Å². The van der Waals surface area contributed by atoms with Crippen molar-refractivity contribution in [2.75, 3.05) is 20.1 Å². The maximum absolute atomic E-state index is 3.33. The molecule has 0 aliphatic rings. The fourth-order valence-corrected chi connectivity index (χ4v) is 2.59. The first-order chi connectivity index (χ1) is 9.85. The molecule has 1 unspecified atom stereocenters. The van der Waals surface area contributed by atoms with Gasteiger partial charge >= 0.3 is 0 Å². The second-order valence-corrected chi connectivity index (χ2v) is 5.03. The van der Waals surface area contributed by atoms with E-state index in [0.29, 0.717) is 6.04 Å². The van der Waals surface area contributed by atoms with E-state index in [2.05, 4.69) is 77.8 Å². The number of hydrogen-bond donors (Lipinski definition) is 1. The van der Waals surface area contributed by atoms with Crippen LogP contribution in [0.25, 0.3) is 0 Å². The van der Waals surface area contributed by atoms with E-state index in [1.807, 2.05) is 7.05 Å². The fourth-order valence-electron chi connectivity index (χ4n) is 2.59. The lowest BCUT2D eigenvalue weighted by Gasteiger charge is -2.31. The van der Waals surface area contributed by atoms with E-state index in [1.165, 1.54) is 11.1 Å². The number of nitrogens with zero attached hydrogens (tertiary/aromatic N) is 1. The highest BCUT2D eigenvalue weighted by Gasteiger charge is 2.18. The van der Waals surface area contributed by atoms with Crippen molar-refractivity contribution in [1.29, 1.82) is 0 Å². The number of benzene rings is 2. The summed E-state index contributed by atoms with van der Waals surface area (Å²) in [6.07, 6.45) is 0. The van der Waals surface area contributed by atoms with E-state index < -0.39 is 0 Å². The molecular formula is C18H24N2. The SMILES string of the molecule is CCN(Cc1ccccc1)C(CNC)c1ccccc1. The minimum atomic E-state index is 0.409. The lowest BCUT2D eigenvalue weighted by molar-refractivity contribution is 0.196. The summed E-state index contributed by atoms with van der Waals surface area (Å²) in [4.78, 5) is 2.52. The molecule has 0 aromatic heterocycles. The highest BCUT2D eigenvalue weighted by Crippen LogP contribution is 2.21. The van der Waals surface area contributed by atoms with Gasteiger partial charge in [0.2, 0.25) is 0 Å². The highest BCUT2D eigenvalue weighted by atomic mass is 15.2. The van der Waals surface area contributed by atoms with Gasteiger partial charge in [0.05, 0.1) is 0 Å². The van der Waals surface area contributed by atoms with Crippen LogP contribution in [0.5, 0.6) is 0 Å². The molecule has 0 spiro atoms. The Balaban J connectivity index is 2.17. The van der Waals surface area contributed by atoms with Crippen LogP contribution in [-0.2, 0) is 6.54 Å². The smallest absolute Gasteiger partial charge is 0.0475 e. The van der Waals surface area contributed by atoms with Crippen LogP contribution in [0.15, 0.2) is 60.7 Å². The van der Waals surface area contributed by atoms with Gasteiger partial charge in [0.25, 0.3) is 0 Å². The Morgan fingerprint density at radius 2 is 1.55 bits per heavy atom. The fraction of sp³-hybridized carbons (Fsp3) is 0.333. The van der Waals surface area contributed by atoms with E-state index in [1.54, 1.807) is 0 Å². The highest BCUT2D eigenvalue weighted by molar-refractivity contribution is 5.21. The predicted molar refractivity (Wildman–Crippen MR) is 85.6 cm³/mol. The van der Waals surface area contributed by atoms with Crippen LogP contribution in [0.1, 0.15) is 24.1 Å². The third kappa shape index (κ3) is 3.92. The Bertz CT molecular complexity index is 481. The zero-order valence-corrected chi connectivity index (χ0v) is 12.4. The molecule has 2 nitrogen and oxygen atoms in total. The molecule has 0 aliphatic heterocycles. The molecule has 20 heavy (non-hydrogen) atoms. The van der Waals surface area contributed by atoms with Crippen molar-refractivity contribution in [1.82, 2.24) is 10.2 Å². The summed E-state index contributed by atoms with van der Waals surface area (Å²) in [5.41, 5.74) is 2.74. The lowest BCUT2D eigenvalue weighted by Crippen LogP contribution is -2.34. The van der Waals surface area contributed by atoms with Gasteiger partial charge in [-0.05, 0) is 24.7 Å². The van der Waals surface area contributed by atoms with Crippen LogP contribution in [0.4, 0.5) is 0 Å². The standard InChI is InChI=1S/C18H24N2/c1-3-20(15-16-10-6-4-7-11-16)18(14-19-2)17-12-8-5-9-13-17/h4-13,18-19H,3,14-15H2,1-2H3. The van der Waals surface area contributed by atoms with Crippen molar-refractivity contribution < 1.29 is 0 Å². The molecule has 2 heteroatoms. The summed E-state index contributed by atoms with van der Waals surface area (Å²) >= 11 is 0. The molecule has 0 radical (unpaired) electrons. The predicted octanol–water partition coefficient (Wildman–Crippen LogP) is 3.47. The number of nitrogens with one attached hydrogen (secondary N) is 1. The second-order valence-electron chi connectivity index (χ2n) is 5.03. The minimum Gasteiger partial charge on any atom is -0.318 e. The summed E-state index contributed by atoms with van der Waals surface area (Å²) in [6.45, 7) is 5.22. The van der Waals surface area contributed by atoms with Gasteiger partial charge in [-0.3, -0.25) is 4.90 Å². The van der Waals surface area contributed by atoms with Crippen LogP contribution in [0.2, 0.25) is 0 Å². The summed E-state index contributed by atoms with van der Waals surface area (Å²) in [7, 11) is 2.02. The van der Waals surface area contributed by atoms with E-state index in [-0.39, 0.29) is 0 Å². The molecule has 0 bridgehead atoms. The van der Waals surface area contributed by atoms with Crippen molar-refractivity contribution in [2.24, 2.45) is 0 Å². The molecule has 1 atom stereocenters. The van der Waals surface area contributed by atoms with Crippen molar-refractivity contribution in [3.05, 3.63) is 71.8 Å². The Morgan fingerprint density at radius 3 is 2.10 bits per heavy atom. The first kappa shape index (κ1) is 14.8. The molecule has 2 aromatic rings. The normalized spacial score (nSPS) is 12.6. The molecule has 1 N–H and O–H groups in total. The van der Waals surface area contributed by atoms with Gasteiger partial charge in [0.1, 0.15) is 0 Å². The van der Waals surface area contributed by atoms with Crippen LogP contribution in [0, 0.1) is 0 Å². The molecule has 0 heterocycles. The van der Waals surface area contributed by atoms with Crippen molar-refractivity contribution >= 4 is 0 Å². The summed E-state index contributed by atoms with van der Waals surface area (Å²) < 4.78 is 0. The third-order valence-corrected chi connectivity index (χ3v) is 3.66. The monoisotopic (exact) mass is 268 g/mol. The second kappa shape index (κ2) is 7.83. The van der Waals surface area contributed by atoms with E-state index in [9.17, 15) is 0 Å². The van der Waals surface area contributed by atoms with Crippen molar-refractivity contribution in [3.8, 4) is 0 Å². The van der Waals surface area contributed by atoms with Gasteiger partial charge in [0, 0.05) is 19.1 Å². The quantitative estimate of drug-likeness (QED) is 0.827. The average Bonchev–Trinajstić information content (AvgIpc) is 2.52. The van der Waals surface area contributed by atoms with Gasteiger partial charge in [0.15, 0.2) is 0 Å². The lowest BCUT2D eigenvalue weighted by atomic mass is 10.0. The van der Waals surface area contributed by atoms with Crippen LogP contribution >= 0.6 is 0 Å². The summed E-state index contributed by atoms with van der Waals surface area (Å²) in [5.74, 6) is 0. The molecule has 2 rings (SSSR count). The average molecular weight is 268 g/mol. The number of likely N-dealkylation sites (N-methyl/N-ethyl adjacent to an activating group) is 2. The first-order valence-electron chi connectivity index (χ1n) is 7.32. The van der Waals surface area contributed by atoms with E-state index in [0.717, 1.165) is 19.6 Å². The Labute approximate surface area is 122 Å². The van der Waals surface area contributed by atoms with E-state index in [4.69, 9.17) is 0 Å². The Hall–Kier alpha value is -1.64. The molecule has 0 fully saturated rings. The van der Waals surface area contributed by atoms with Crippen LogP contribution in [0.3, 0.4) is 0 Å². The van der Waals surface area contributed by atoms with Crippen LogP contribution in [-0.4, -0.2) is 25.0 Å². The maximum Gasteiger partial charge on any atom is 0.0475 e. The van der Waals surface area contributed by atoms with Gasteiger partial charge in [-0.25, -0.2) is 0 Å². The Kier molecular flexibility index (Phi) is 5.78. The summed E-state index contributed by atoms with van der Waals surface area (Å²) in [5, 5.41) is 3.33. The first-order valence-corrected chi connectivity index (χ1v) is 7.32. The molecular weight excluding hydrogens is 244 g/mol. The maximum atomic E-state index is 3.33. The molecule has 0 amide bonds. The zero-order valence-electron chi connectivity index (χ0n) is 12.4. The minimum absolute atomic E-state index is 0.409. The molecule has 0 saturated carbocycles. The Morgan fingerprint density at radius 1 is 0.950 bits per heavy atom. The van der Waals surface area contributed by atoms with Crippen LogP contribution < -0.4 is 5.32 Å². The van der Waals surface area contributed by atoms with Gasteiger partial charge in [-0.15, -0.1) is 0 Å². The van der Waals surface area contributed by atoms with Crippen molar-refractivity contribution in [3.63, 3.8) is 0 Å². The summed E-state index contributed by atoms with van der Waals surface area (Å²) in [6, 6.07) is 21.8. The van der Waals surface area contributed by atoms with Crippen molar-refractivity contribution in [2.45, 2.75) is 19.5 Å². The molecule has 0 aliphatic carbocycles. The molecule has 0 saturated heterocycles. The van der Waals surface area contributed by atoms with Gasteiger partial charge < -0.3 is 5.32 Å². The van der Waals surface area contributed by atoms with Gasteiger partial charge in [-0.1, -0.05) is 67.6 Å². The number of hydrogen-bond acceptors (Lipinski definition) is 2. The van der Waals surface area contributed by atoms with E-state index >= 15 is 0 Å². The topological polar surface area (TPSA) is 15.3 Å². The largest absolute Gasteiger partial charge is 0.318 e. The third-order valence-electron chi connectivity index (χ3n) is 3.66. The number of rotatable bonds is 7. The molecule has 106 valence electrons.